The summed E-state index contributed by atoms with van der Waals surface area (Å²) in [6.07, 6.45) is 0. The Labute approximate surface area is 429 Å². The Kier molecular flexibility index (Phi) is 7.90. The Balaban J connectivity index is 0.910. The summed E-state index contributed by atoms with van der Waals surface area (Å²) in [4.78, 5) is 2.55. The number of fused-ring (bicyclic) bond motifs is 23. The summed E-state index contributed by atoms with van der Waals surface area (Å²) < 4.78 is 2.53. The van der Waals surface area contributed by atoms with E-state index in [-0.39, 0.29) is 0 Å². The van der Waals surface area contributed by atoms with Crippen molar-refractivity contribution in [2.24, 2.45) is 0 Å². The zero-order valence-electron chi connectivity index (χ0n) is 40.3. The molecule has 1 aromatic heterocycles. The molecular formula is C72H44N2. The van der Waals surface area contributed by atoms with E-state index in [0.29, 0.717) is 0 Å². The first-order valence-electron chi connectivity index (χ1n) is 25.9. The Morgan fingerprint density at radius 1 is 0.297 bits per heavy atom. The lowest BCUT2D eigenvalue weighted by Crippen LogP contribution is -2.33. The number of aromatic nitrogens is 1. The van der Waals surface area contributed by atoms with Gasteiger partial charge in [0.2, 0.25) is 0 Å². The van der Waals surface area contributed by atoms with E-state index in [0.717, 1.165) is 17.1 Å². The summed E-state index contributed by atoms with van der Waals surface area (Å²) in [5, 5.41) is 4.98. The van der Waals surface area contributed by atoms with E-state index in [1.807, 2.05) is 0 Å². The van der Waals surface area contributed by atoms with E-state index in [1.165, 1.54) is 127 Å². The fourth-order valence-corrected chi connectivity index (χ4v) is 14.7. The summed E-state index contributed by atoms with van der Waals surface area (Å²) in [6, 6.07) is 101. The summed E-state index contributed by atoms with van der Waals surface area (Å²) in [5.41, 5.74) is 26.9. The number of para-hydroxylation sites is 3. The second-order valence-electron chi connectivity index (χ2n) is 20.6. The van der Waals surface area contributed by atoms with Crippen LogP contribution in [0.1, 0.15) is 44.5 Å². The normalized spacial score (nSPS) is 15.5. The second-order valence-corrected chi connectivity index (χ2v) is 20.6. The molecular weight excluding hydrogens is 893 g/mol. The topological polar surface area (TPSA) is 8.17 Å². The minimum atomic E-state index is -0.541. The molecule has 12 aromatic carbocycles. The highest BCUT2D eigenvalue weighted by Crippen LogP contribution is 2.66. The third-order valence-corrected chi connectivity index (χ3v) is 17.4. The van der Waals surface area contributed by atoms with Crippen LogP contribution >= 0.6 is 0 Å². The maximum Gasteiger partial charge on any atom is 0.0754 e. The van der Waals surface area contributed by atoms with Crippen molar-refractivity contribution in [1.82, 2.24) is 4.57 Å². The van der Waals surface area contributed by atoms with E-state index >= 15 is 0 Å². The smallest absolute Gasteiger partial charge is 0.0754 e. The third kappa shape index (κ3) is 4.86. The predicted molar refractivity (Wildman–Crippen MR) is 306 cm³/mol. The number of hydrogen-bond acceptors (Lipinski definition) is 1. The average molecular weight is 937 g/mol. The van der Waals surface area contributed by atoms with Crippen molar-refractivity contribution >= 4 is 49.6 Å². The maximum atomic E-state index is 2.55. The Morgan fingerprint density at radius 2 is 0.797 bits per heavy atom. The molecule has 4 aliphatic rings. The highest BCUT2D eigenvalue weighted by atomic mass is 15.1. The highest BCUT2D eigenvalue weighted by molar-refractivity contribution is 6.13. The van der Waals surface area contributed by atoms with E-state index in [4.69, 9.17) is 0 Å². The van der Waals surface area contributed by atoms with Gasteiger partial charge in [0.1, 0.15) is 0 Å². The molecule has 3 aliphatic carbocycles. The number of anilines is 3. The van der Waals surface area contributed by atoms with Gasteiger partial charge in [-0.15, -0.1) is 0 Å². The fraction of sp³-hybridized carbons (Fsp3) is 0.0278. The van der Waals surface area contributed by atoms with Gasteiger partial charge in [-0.05, 0) is 131 Å². The lowest BCUT2D eigenvalue weighted by molar-refractivity contribution is 0.749. The summed E-state index contributed by atoms with van der Waals surface area (Å²) in [6.45, 7) is 0. The summed E-state index contributed by atoms with van der Waals surface area (Å²) >= 11 is 0. The molecule has 0 saturated heterocycles. The zero-order valence-corrected chi connectivity index (χ0v) is 40.3. The monoisotopic (exact) mass is 936 g/mol. The standard InChI is InChI=1S/C72H44N2/c1-2-23-49-45(19-1)20-16-39-65(49)73(68-40-18-35-62-69(68)56-28-6-11-33-60(56)71(62)57-30-8-3-24-50(57)51-25-4-9-31-58(51)71)48-22-15-21-46(43-48)47-41-42-53-52-26-5-10-32-59(52)72(64(53)44-47)61-34-12-14-38-67(61)74-66-37-13-7-27-54(66)55-29-17-36-63(72)70(55)74/h1-44H. The molecule has 0 radical (unpaired) electrons. The molecule has 2 spiro atoms. The van der Waals surface area contributed by atoms with Gasteiger partial charge in [0, 0.05) is 27.4 Å². The van der Waals surface area contributed by atoms with Crippen LogP contribution in [0, 0.1) is 0 Å². The molecule has 1 atom stereocenters. The molecule has 13 aromatic rings. The minimum Gasteiger partial charge on any atom is -0.309 e. The lowest BCUT2D eigenvalue weighted by atomic mass is 9.65. The van der Waals surface area contributed by atoms with Crippen LogP contribution in [0.3, 0.4) is 0 Å². The molecule has 74 heavy (non-hydrogen) atoms. The quantitative estimate of drug-likeness (QED) is 0.171. The van der Waals surface area contributed by atoms with Gasteiger partial charge < -0.3 is 9.47 Å². The van der Waals surface area contributed by atoms with Gasteiger partial charge in [0.25, 0.3) is 0 Å². The molecule has 17 rings (SSSR count). The molecule has 1 unspecified atom stereocenters. The molecule has 2 heteroatoms. The van der Waals surface area contributed by atoms with Crippen molar-refractivity contribution in [2.75, 3.05) is 4.90 Å². The van der Waals surface area contributed by atoms with E-state index < -0.39 is 10.8 Å². The second kappa shape index (κ2) is 14.6. The molecule has 2 heterocycles. The van der Waals surface area contributed by atoms with Crippen molar-refractivity contribution in [3.05, 3.63) is 311 Å². The first-order valence-corrected chi connectivity index (χ1v) is 25.9. The van der Waals surface area contributed by atoms with Gasteiger partial charge in [0.15, 0.2) is 0 Å². The highest BCUT2D eigenvalue weighted by Gasteiger charge is 2.53. The number of rotatable bonds is 4. The van der Waals surface area contributed by atoms with Crippen LogP contribution in [0.15, 0.2) is 267 Å². The van der Waals surface area contributed by atoms with Crippen LogP contribution in [0.2, 0.25) is 0 Å². The fourth-order valence-electron chi connectivity index (χ4n) is 14.7. The van der Waals surface area contributed by atoms with Crippen molar-refractivity contribution in [3.8, 4) is 50.2 Å². The number of hydrogen-bond donors (Lipinski definition) is 0. The van der Waals surface area contributed by atoms with Gasteiger partial charge in [-0.25, -0.2) is 0 Å². The summed E-state index contributed by atoms with van der Waals surface area (Å²) in [5.74, 6) is 0. The van der Waals surface area contributed by atoms with Crippen LogP contribution in [0.5, 0.6) is 0 Å². The Morgan fingerprint density at radius 3 is 1.57 bits per heavy atom. The van der Waals surface area contributed by atoms with E-state index in [9.17, 15) is 0 Å². The number of benzene rings is 12. The SMILES string of the molecule is c1cc(-c2ccc3c(c2)C2(c4ccccc4-3)c3ccccc3-n3c4ccccc4c4cccc2c43)cc(N(c2cccc3c2-c2ccccc2C32c3ccccc3-c3ccccc32)c2cccc3ccccc23)c1. The minimum absolute atomic E-state index is 0.463. The first-order chi connectivity index (χ1) is 36.7. The third-order valence-electron chi connectivity index (χ3n) is 17.4. The first kappa shape index (κ1) is 40.1. The van der Waals surface area contributed by atoms with Crippen molar-refractivity contribution in [1.29, 1.82) is 0 Å². The maximum absolute atomic E-state index is 2.55. The predicted octanol–water partition coefficient (Wildman–Crippen LogP) is 18.1. The van der Waals surface area contributed by atoms with Gasteiger partial charge in [0.05, 0.1) is 38.9 Å². The van der Waals surface area contributed by atoms with E-state index in [2.05, 4.69) is 276 Å². The largest absolute Gasteiger partial charge is 0.309 e. The Bertz CT molecular complexity index is 4540. The Hall–Kier alpha value is -9.50. The molecule has 0 saturated carbocycles. The van der Waals surface area contributed by atoms with Crippen molar-refractivity contribution < 1.29 is 0 Å². The van der Waals surface area contributed by atoms with Crippen LogP contribution < -0.4 is 4.90 Å². The molecule has 0 fully saturated rings. The van der Waals surface area contributed by atoms with Gasteiger partial charge in [-0.2, -0.15) is 0 Å². The van der Waals surface area contributed by atoms with E-state index in [1.54, 1.807) is 0 Å². The van der Waals surface area contributed by atoms with Crippen LogP contribution in [-0.4, -0.2) is 4.57 Å². The van der Waals surface area contributed by atoms with Gasteiger partial charge >= 0.3 is 0 Å². The van der Waals surface area contributed by atoms with Crippen LogP contribution in [0.4, 0.5) is 17.1 Å². The van der Waals surface area contributed by atoms with Crippen LogP contribution in [0.25, 0.3) is 82.8 Å². The zero-order chi connectivity index (χ0) is 48.3. The number of nitrogens with zero attached hydrogens (tertiary/aromatic N) is 2. The van der Waals surface area contributed by atoms with Crippen LogP contribution in [-0.2, 0) is 10.8 Å². The molecule has 0 bridgehead atoms. The van der Waals surface area contributed by atoms with Crippen molar-refractivity contribution in [3.63, 3.8) is 0 Å². The molecule has 0 amide bonds. The summed E-state index contributed by atoms with van der Waals surface area (Å²) in [7, 11) is 0. The van der Waals surface area contributed by atoms with Gasteiger partial charge in [-0.3, -0.25) is 0 Å². The molecule has 1 aliphatic heterocycles. The van der Waals surface area contributed by atoms with Crippen molar-refractivity contribution in [2.45, 2.75) is 10.8 Å². The lowest BCUT2D eigenvalue weighted by Gasteiger charge is -2.39. The van der Waals surface area contributed by atoms with Gasteiger partial charge in [-0.1, -0.05) is 224 Å². The molecule has 0 N–H and O–H groups in total. The molecule has 342 valence electrons. The molecule has 2 nitrogen and oxygen atoms in total. The average Bonchev–Trinajstić information content (AvgIpc) is 4.17.